The van der Waals surface area contributed by atoms with Crippen LogP contribution in [0.25, 0.3) is 0 Å². The van der Waals surface area contributed by atoms with E-state index in [-0.39, 0.29) is 5.54 Å². The Bertz CT molecular complexity index is 391. The van der Waals surface area contributed by atoms with Gasteiger partial charge in [-0.1, -0.05) is 11.6 Å². The molecule has 0 spiro atoms. The lowest BCUT2D eigenvalue weighted by molar-refractivity contribution is 0.413. The fourth-order valence-electron chi connectivity index (χ4n) is 1.72. The Morgan fingerprint density at radius 1 is 1.41 bits per heavy atom. The molecule has 1 rings (SSSR count). The van der Waals surface area contributed by atoms with Crippen molar-refractivity contribution >= 4 is 17.3 Å². The quantitative estimate of drug-likeness (QED) is 0.851. The Labute approximate surface area is 108 Å². The van der Waals surface area contributed by atoms with Gasteiger partial charge in [0.2, 0.25) is 0 Å². The van der Waals surface area contributed by atoms with Gasteiger partial charge < -0.3 is 15.8 Å². The molecule has 0 heterocycles. The fourth-order valence-corrected chi connectivity index (χ4v) is 1.87. The summed E-state index contributed by atoms with van der Waals surface area (Å²) in [6.45, 7) is 6.85. The second kappa shape index (κ2) is 5.61. The zero-order valence-corrected chi connectivity index (χ0v) is 11.7. The molecule has 0 fully saturated rings. The molecule has 0 atom stereocenters. The molecule has 96 valence electrons. The predicted molar refractivity (Wildman–Crippen MR) is 74.1 cm³/mol. The van der Waals surface area contributed by atoms with E-state index in [9.17, 15) is 0 Å². The summed E-state index contributed by atoms with van der Waals surface area (Å²) in [5.74, 6) is 0.755. The largest absolute Gasteiger partial charge is 0.495 e. The van der Waals surface area contributed by atoms with E-state index in [1.807, 2.05) is 19.1 Å². The van der Waals surface area contributed by atoms with Gasteiger partial charge in [-0.25, -0.2) is 0 Å². The number of aryl methyl sites for hydroxylation is 1. The molecule has 0 aliphatic rings. The highest BCUT2D eigenvalue weighted by atomic mass is 35.5. The molecule has 0 saturated heterocycles. The molecule has 3 nitrogen and oxygen atoms in total. The van der Waals surface area contributed by atoms with E-state index in [2.05, 4.69) is 19.2 Å². The number of halogens is 1. The number of rotatable bonds is 5. The lowest BCUT2D eigenvalue weighted by Gasteiger charge is -2.28. The summed E-state index contributed by atoms with van der Waals surface area (Å²) in [5.41, 5.74) is 7.51. The fraction of sp³-hybridized carbons (Fsp3) is 0.538. The van der Waals surface area contributed by atoms with Gasteiger partial charge >= 0.3 is 0 Å². The second-order valence-electron chi connectivity index (χ2n) is 4.85. The van der Waals surface area contributed by atoms with Gasteiger partial charge in [0.25, 0.3) is 0 Å². The monoisotopic (exact) mass is 256 g/mol. The SMILES string of the molecule is COc1cc(Cl)c(C)cc1NC(C)(C)CCN. The molecule has 0 saturated carbocycles. The van der Waals surface area contributed by atoms with Crippen molar-refractivity contribution in [1.82, 2.24) is 0 Å². The summed E-state index contributed by atoms with van der Waals surface area (Å²) in [7, 11) is 1.64. The molecule has 4 heteroatoms. The molecule has 0 amide bonds. The molecule has 3 N–H and O–H groups in total. The second-order valence-corrected chi connectivity index (χ2v) is 5.26. The molecule has 0 aromatic heterocycles. The van der Waals surface area contributed by atoms with Crippen LogP contribution in [0.5, 0.6) is 5.75 Å². The topological polar surface area (TPSA) is 47.3 Å². The third-order valence-electron chi connectivity index (χ3n) is 2.72. The molecule has 0 aliphatic carbocycles. The van der Waals surface area contributed by atoms with E-state index >= 15 is 0 Å². The maximum atomic E-state index is 6.07. The van der Waals surface area contributed by atoms with Gasteiger partial charge in [0, 0.05) is 16.6 Å². The van der Waals surface area contributed by atoms with Crippen LogP contribution in [0.4, 0.5) is 5.69 Å². The zero-order valence-electron chi connectivity index (χ0n) is 10.9. The average Bonchev–Trinajstić information content (AvgIpc) is 2.22. The minimum Gasteiger partial charge on any atom is -0.495 e. The molecular weight excluding hydrogens is 236 g/mol. The number of hydrogen-bond donors (Lipinski definition) is 2. The van der Waals surface area contributed by atoms with E-state index in [4.69, 9.17) is 22.1 Å². The highest BCUT2D eigenvalue weighted by Gasteiger charge is 2.18. The van der Waals surface area contributed by atoms with Crippen molar-refractivity contribution in [2.75, 3.05) is 19.0 Å². The molecule has 0 aliphatic heterocycles. The van der Waals surface area contributed by atoms with Gasteiger partial charge in [0.1, 0.15) is 5.75 Å². The number of nitrogens with one attached hydrogen (secondary N) is 1. The molecule has 0 bridgehead atoms. The average molecular weight is 257 g/mol. The van der Waals surface area contributed by atoms with E-state index in [0.717, 1.165) is 23.4 Å². The Kier molecular flexibility index (Phi) is 4.66. The number of ether oxygens (including phenoxy) is 1. The van der Waals surface area contributed by atoms with Gasteiger partial charge in [-0.3, -0.25) is 0 Å². The molecule has 17 heavy (non-hydrogen) atoms. The molecule has 0 radical (unpaired) electrons. The Balaban J connectivity index is 3.01. The van der Waals surface area contributed by atoms with E-state index in [0.29, 0.717) is 11.6 Å². The van der Waals surface area contributed by atoms with Crippen LogP contribution in [0.2, 0.25) is 5.02 Å². The normalized spacial score (nSPS) is 11.4. The molecule has 1 aromatic carbocycles. The number of nitrogens with two attached hydrogens (primary N) is 1. The van der Waals surface area contributed by atoms with Crippen molar-refractivity contribution in [2.24, 2.45) is 5.73 Å². The summed E-state index contributed by atoms with van der Waals surface area (Å²) in [5, 5.41) is 4.16. The van der Waals surface area contributed by atoms with Gasteiger partial charge in [-0.05, 0) is 45.4 Å². The maximum Gasteiger partial charge on any atom is 0.143 e. The smallest absolute Gasteiger partial charge is 0.143 e. The molecular formula is C13H21ClN2O. The minimum absolute atomic E-state index is 0.0672. The van der Waals surface area contributed by atoms with Crippen molar-refractivity contribution in [3.05, 3.63) is 22.7 Å². The summed E-state index contributed by atoms with van der Waals surface area (Å²) in [6.07, 6.45) is 0.887. The van der Waals surface area contributed by atoms with Gasteiger partial charge in [0.05, 0.1) is 12.8 Å². The Morgan fingerprint density at radius 2 is 2.06 bits per heavy atom. The van der Waals surface area contributed by atoms with Crippen molar-refractivity contribution in [1.29, 1.82) is 0 Å². The van der Waals surface area contributed by atoms with Crippen molar-refractivity contribution in [2.45, 2.75) is 32.7 Å². The molecule has 1 aromatic rings. The highest BCUT2D eigenvalue weighted by Crippen LogP contribution is 2.33. The van der Waals surface area contributed by atoms with Crippen molar-refractivity contribution in [3.63, 3.8) is 0 Å². The van der Waals surface area contributed by atoms with Crippen LogP contribution < -0.4 is 15.8 Å². The Hall–Kier alpha value is -0.930. The maximum absolute atomic E-state index is 6.07. The van der Waals surface area contributed by atoms with E-state index < -0.39 is 0 Å². The van der Waals surface area contributed by atoms with Crippen molar-refractivity contribution in [3.8, 4) is 5.75 Å². The first-order valence-corrected chi connectivity index (χ1v) is 6.10. The number of benzene rings is 1. The van der Waals surface area contributed by atoms with Gasteiger partial charge in [-0.2, -0.15) is 0 Å². The van der Waals surface area contributed by atoms with Crippen molar-refractivity contribution < 1.29 is 4.74 Å². The first-order valence-electron chi connectivity index (χ1n) is 5.72. The number of hydrogen-bond acceptors (Lipinski definition) is 3. The third kappa shape index (κ3) is 3.79. The van der Waals surface area contributed by atoms with Crippen LogP contribution in [-0.4, -0.2) is 19.2 Å². The summed E-state index contributed by atoms with van der Waals surface area (Å²) >= 11 is 6.07. The minimum atomic E-state index is -0.0672. The highest BCUT2D eigenvalue weighted by molar-refractivity contribution is 6.31. The number of anilines is 1. The van der Waals surface area contributed by atoms with Gasteiger partial charge in [0.15, 0.2) is 0 Å². The van der Waals surface area contributed by atoms with Crippen LogP contribution in [0.15, 0.2) is 12.1 Å². The Morgan fingerprint density at radius 3 is 2.59 bits per heavy atom. The van der Waals surface area contributed by atoms with E-state index in [1.54, 1.807) is 7.11 Å². The molecule has 0 unspecified atom stereocenters. The summed E-state index contributed by atoms with van der Waals surface area (Å²) in [6, 6.07) is 3.83. The lowest BCUT2D eigenvalue weighted by Crippen LogP contribution is -2.33. The van der Waals surface area contributed by atoms with Gasteiger partial charge in [-0.15, -0.1) is 0 Å². The zero-order chi connectivity index (χ0) is 13.1. The van der Waals surface area contributed by atoms with Crippen LogP contribution in [-0.2, 0) is 0 Å². The van der Waals surface area contributed by atoms with Crippen LogP contribution >= 0.6 is 11.6 Å². The lowest BCUT2D eigenvalue weighted by atomic mass is 10.00. The van der Waals surface area contributed by atoms with E-state index in [1.165, 1.54) is 0 Å². The standard InChI is InChI=1S/C13H21ClN2O/c1-9-7-11(12(17-4)8-10(9)14)16-13(2,3)5-6-15/h7-8,16H,5-6,15H2,1-4H3. The summed E-state index contributed by atoms with van der Waals surface area (Å²) in [4.78, 5) is 0. The van der Waals surface area contributed by atoms with Crippen LogP contribution in [0.1, 0.15) is 25.8 Å². The number of methoxy groups -OCH3 is 1. The van der Waals surface area contributed by atoms with Crippen LogP contribution in [0, 0.1) is 6.92 Å². The summed E-state index contributed by atoms with van der Waals surface area (Å²) < 4.78 is 5.33. The first-order chi connectivity index (χ1) is 7.89. The first kappa shape index (κ1) is 14.1. The van der Waals surface area contributed by atoms with Crippen LogP contribution in [0.3, 0.4) is 0 Å². The predicted octanol–water partition coefficient (Wildman–Crippen LogP) is 3.20. The third-order valence-corrected chi connectivity index (χ3v) is 3.13.